The fourth-order valence-electron chi connectivity index (χ4n) is 1.29. The van der Waals surface area contributed by atoms with E-state index in [2.05, 4.69) is 0 Å². The minimum Gasteiger partial charge on any atom is -0.478 e. The highest BCUT2D eigenvalue weighted by Crippen LogP contribution is 2.20. The highest BCUT2D eigenvalue weighted by molar-refractivity contribution is 7.89. The standard InChI is InChI=1S/C9H8FNO5S/c10-3-5-1-6(4-12)8(17(11,15)16)2-7(5)9(13)14/h1-2,4H,3H2,(H,13,14)(H2,11,15,16). The average Bonchev–Trinajstić information content (AvgIpc) is 2.25. The Bertz CT molecular complexity index is 581. The Labute approximate surface area is 95.9 Å². The number of carboxylic acids is 1. The van der Waals surface area contributed by atoms with Crippen molar-refractivity contribution in [2.24, 2.45) is 5.14 Å². The van der Waals surface area contributed by atoms with E-state index in [-0.39, 0.29) is 17.4 Å². The van der Waals surface area contributed by atoms with Crippen LogP contribution in [0, 0.1) is 0 Å². The van der Waals surface area contributed by atoms with Gasteiger partial charge in [0, 0.05) is 5.56 Å². The minimum absolute atomic E-state index is 0.171. The summed E-state index contributed by atoms with van der Waals surface area (Å²) in [5.41, 5.74) is -1.20. The van der Waals surface area contributed by atoms with Crippen LogP contribution in [0.15, 0.2) is 17.0 Å². The van der Waals surface area contributed by atoms with Crippen molar-refractivity contribution in [3.8, 4) is 0 Å². The van der Waals surface area contributed by atoms with Gasteiger partial charge in [-0.05, 0) is 17.7 Å². The third kappa shape index (κ3) is 2.66. The van der Waals surface area contributed by atoms with Gasteiger partial charge in [0.05, 0.1) is 10.5 Å². The number of sulfonamides is 1. The van der Waals surface area contributed by atoms with E-state index in [1.807, 2.05) is 0 Å². The fourth-order valence-corrected chi connectivity index (χ4v) is 2.01. The first-order chi connectivity index (χ1) is 7.81. The van der Waals surface area contributed by atoms with Crippen LogP contribution in [-0.2, 0) is 16.7 Å². The Morgan fingerprint density at radius 2 is 2.06 bits per heavy atom. The van der Waals surface area contributed by atoms with Crippen LogP contribution < -0.4 is 5.14 Å². The van der Waals surface area contributed by atoms with Gasteiger partial charge in [-0.2, -0.15) is 0 Å². The number of rotatable bonds is 4. The molecule has 0 unspecified atom stereocenters. The summed E-state index contributed by atoms with van der Waals surface area (Å²) in [6.07, 6.45) is 0.171. The topological polar surface area (TPSA) is 115 Å². The Balaban J connectivity index is 3.68. The molecular weight excluding hydrogens is 253 g/mol. The fraction of sp³-hybridized carbons (Fsp3) is 0.111. The normalized spacial score (nSPS) is 11.2. The van der Waals surface area contributed by atoms with E-state index in [4.69, 9.17) is 10.2 Å². The lowest BCUT2D eigenvalue weighted by Gasteiger charge is -2.07. The minimum atomic E-state index is -4.24. The summed E-state index contributed by atoms with van der Waals surface area (Å²) in [5.74, 6) is -1.50. The molecule has 0 aliphatic rings. The van der Waals surface area contributed by atoms with Gasteiger partial charge >= 0.3 is 5.97 Å². The molecule has 0 bridgehead atoms. The second-order valence-electron chi connectivity index (χ2n) is 3.15. The van der Waals surface area contributed by atoms with E-state index >= 15 is 0 Å². The summed E-state index contributed by atoms with van der Waals surface area (Å²) in [5, 5.41) is 13.6. The molecule has 0 saturated carbocycles. The van der Waals surface area contributed by atoms with Crippen molar-refractivity contribution in [2.45, 2.75) is 11.6 Å². The van der Waals surface area contributed by atoms with Crippen molar-refractivity contribution >= 4 is 22.3 Å². The van der Waals surface area contributed by atoms with Crippen LogP contribution >= 0.6 is 0 Å². The molecule has 0 aliphatic carbocycles. The van der Waals surface area contributed by atoms with Gasteiger partial charge in [0.2, 0.25) is 10.0 Å². The number of primary sulfonamides is 1. The van der Waals surface area contributed by atoms with Gasteiger partial charge in [-0.15, -0.1) is 0 Å². The molecule has 0 amide bonds. The van der Waals surface area contributed by atoms with Crippen LogP contribution in [0.1, 0.15) is 26.3 Å². The van der Waals surface area contributed by atoms with Crippen LogP contribution in [-0.4, -0.2) is 25.8 Å². The first-order valence-electron chi connectivity index (χ1n) is 4.25. The van der Waals surface area contributed by atoms with E-state index in [0.717, 1.165) is 6.07 Å². The molecule has 0 spiro atoms. The Morgan fingerprint density at radius 3 is 2.41 bits per heavy atom. The maximum Gasteiger partial charge on any atom is 0.336 e. The smallest absolute Gasteiger partial charge is 0.336 e. The molecule has 1 aromatic carbocycles. The number of carboxylic acid groups (broad SMARTS) is 1. The van der Waals surface area contributed by atoms with Gasteiger partial charge < -0.3 is 5.11 Å². The largest absolute Gasteiger partial charge is 0.478 e. The zero-order chi connectivity index (χ0) is 13.2. The predicted octanol–water partition coefficient (Wildman–Crippen LogP) is 0.314. The van der Waals surface area contributed by atoms with Crippen LogP contribution in [0.25, 0.3) is 0 Å². The SMILES string of the molecule is NS(=O)(=O)c1cc(C(=O)O)c(CF)cc1C=O. The lowest BCUT2D eigenvalue weighted by atomic mass is 10.1. The number of aromatic carboxylic acids is 1. The van der Waals surface area contributed by atoms with Crippen molar-refractivity contribution in [1.82, 2.24) is 0 Å². The van der Waals surface area contributed by atoms with Crippen molar-refractivity contribution in [2.75, 3.05) is 0 Å². The lowest BCUT2D eigenvalue weighted by molar-refractivity contribution is 0.0694. The highest BCUT2D eigenvalue weighted by Gasteiger charge is 2.20. The maximum absolute atomic E-state index is 12.5. The van der Waals surface area contributed by atoms with Crippen LogP contribution in [0.4, 0.5) is 4.39 Å². The monoisotopic (exact) mass is 261 g/mol. The van der Waals surface area contributed by atoms with Crippen molar-refractivity contribution < 1.29 is 27.5 Å². The molecule has 0 aromatic heterocycles. The number of nitrogens with two attached hydrogens (primary N) is 1. The summed E-state index contributed by atoms with van der Waals surface area (Å²) in [6, 6.07) is 1.53. The number of carbonyl (C=O) groups excluding carboxylic acids is 1. The van der Waals surface area contributed by atoms with E-state index in [0.29, 0.717) is 6.07 Å². The highest BCUT2D eigenvalue weighted by atomic mass is 32.2. The van der Waals surface area contributed by atoms with Crippen LogP contribution in [0.2, 0.25) is 0 Å². The van der Waals surface area contributed by atoms with Gasteiger partial charge in [0.25, 0.3) is 0 Å². The molecule has 92 valence electrons. The molecule has 1 aromatic rings. The van der Waals surface area contributed by atoms with E-state index in [9.17, 15) is 22.4 Å². The molecule has 0 heterocycles. The van der Waals surface area contributed by atoms with E-state index < -0.39 is 33.1 Å². The van der Waals surface area contributed by atoms with Crippen molar-refractivity contribution in [3.63, 3.8) is 0 Å². The quantitative estimate of drug-likeness (QED) is 0.757. The first kappa shape index (κ1) is 13.3. The van der Waals surface area contributed by atoms with E-state index in [1.54, 1.807) is 0 Å². The average molecular weight is 261 g/mol. The molecule has 3 N–H and O–H groups in total. The number of carbonyl (C=O) groups is 2. The zero-order valence-corrected chi connectivity index (χ0v) is 9.20. The van der Waals surface area contributed by atoms with Crippen LogP contribution in [0.5, 0.6) is 0 Å². The van der Waals surface area contributed by atoms with Gasteiger partial charge in [-0.25, -0.2) is 22.7 Å². The Morgan fingerprint density at radius 1 is 1.47 bits per heavy atom. The molecule has 0 saturated heterocycles. The summed E-state index contributed by atoms with van der Waals surface area (Å²) >= 11 is 0. The molecule has 0 radical (unpaired) electrons. The Hall–Kier alpha value is -1.80. The number of aldehydes is 1. The first-order valence-corrected chi connectivity index (χ1v) is 5.80. The number of hydrogen-bond acceptors (Lipinski definition) is 4. The summed E-state index contributed by atoms with van der Waals surface area (Å²) < 4.78 is 34.8. The molecule has 6 nitrogen and oxygen atoms in total. The second kappa shape index (κ2) is 4.60. The third-order valence-corrected chi connectivity index (χ3v) is 3.01. The molecule has 8 heteroatoms. The number of hydrogen-bond donors (Lipinski definition) is 2. The zero-order valence-electron chi connectivity index (χ0n) is 8.38. The van der Waals surface area contributed by atoms with Crippen molar-refractivity contribution in [3.05, 3.63) is 28.8 Å². The predicted molar refractivity (Wildman–Crippen MR) is 55.0 cm³/mol. The summed E-state index contributed by atoms with van der Waals surface area (Å²) in [4.78, 5) is 20.8. The molecule has 0 aliphatic heterocycles. The van der Waals surface area contributed by atoms with Gasteiger partial charge in [-0.1, -0.05) is 0 Å². The Kier molecular flexibility index (Phi) is 3.59. The van der Waals surface area contributed by atoms with Gasteiger partial charge in [0.15, 0.2) is 6.29 Å². The van der Waals surface area contributed by atoms with Crippen molar-refractivity contribution in [1.29, 1.82) is 0 Å². The second-order valence-corrected chi connectivity index (χ2v) is 4.68. The van der Waals surface area contributed by atoms with E-state index in [1.165, 1.54) is 0 Å². The maximum atomic E-state index is 12.5. The van der Waals surface area contributed by atoms with Crippen LogP contribution in [0.3, 0.4) is 0 Å². The summed E-state index contributed by atoms with van der Waals surface area (Å²) in [7, 11) is -4.24. The molecule has 1 rings (SSSR count). The number of benzene rings is 1. The molecule has 17 heavy (non-hydrogen) atoms. The third-order valence-electron chi connectivity index (χ3n) is 2.04. The molecule has 0 atom stereocenters. The van der Waals surface area contributed by atoms with Gasteiger partial charge in [0.1, 0.15) is 6.67 Å². The molecular formula is C9H8FNO5S. The number of halogens is 1. The van der Waals surface area contributed by atoms with Gasteiger partial charge in [-0.3, -0.25) is 4.79 Å². The lowest BCUT2D eigenvalue weighted by Crippen LogP contribution is -2.16. The molecule has 0 fully saturated rings. The number of alkyl halides is 1. The summed E-state index contributed by atoms with van der Waals surface area (Å²) in [6.45, 7) is -1.13.